The van der Waals surface area contributed by atoms with Gasteiger partial charge in [-0.2, -0.15) is 0 Å². The molecule has 0 aromatic carbocycles. The molecule has 2 aliphatic carbocycles. The monoisotopic (exact) mass is 425 g/mol. The number of hydrogen-bond acceptors (Lipinski definition) is 5. The first-order valence-electron chi connectivity index (χ1n) is 12.5. The van der Waals surface area contributed by atoms with Gasteiger partial charge in [0.25, 0.3) is 0 Å². The van der Waals surface area contributed by atoms with E-state index in [1.165, 1.54) is 90.1 Å². The van der Waals surface area contributed by atoms with Crippen LogP contribution in [0.1, 0.15) is 89.9 Å². The number of hydrogen-bond donors (Lipinski definition) is 2. The van der Waals surface area contributed by atoms with Crippen LogP contribution in [0.15, 0.2) is 0 Å². The second-order valence-electron chi connectivity index (χ2n) is 10.2. The number of rotatable bonds is 6. The summed E-state index contributed by atoms with van der Waals surface area (Å²) in [4.78, 5) is 2.79. The Morgan fingerprint density at radius 2 is 1.62 bits per heavy atom. The number of likely N-dealkylation sites (tertiary alicyclic amines) is 1. The van der Waals surface area contributed by atoms with Crippen LogP contribution in [0, 0.1) is 11.8 Å². The van der Waals surface area contributed by atoms with Gasteiger partial charge in [-0.25, -0.2) is 0 Å². The Morgan fingerprint density at radius 1 is 0.862 bits per heavy atom. The number of ether oxygens (including phenoxy) is 1. The van der Waals surface area contributed by atoms with Crippen molar-refractivity contribution in [3.8, 4) is 0 Å². The first-order chi connectivity index (χ1) is 14.2. The Kier molecular flexibility index (Phi) is 8.62. The molecule has 0 bridgehead atoms. The van der Waals surface area contributed by atoms with E-state index in [0.29, 0.717) is 18.4 Å². The molecule has 2 N–H and O–H groups in total. The maximum absolute atomic E-state index is 10.2. The number of thioether (sulfide) groups is 1. The van der Waals surface area contributed by atoms with Crippen molar-refractivity contribution in [1.29, 1.82) is 0 Å². The second kappa shape index (κ2) is 11.2. The van der Waals surface area contributed by atoms with Crippen molar-refractivity contribution in [2.75, 3.05) is 19.7 Å². The highest BCUT2D eigenvalue weighted by Gasteiger charge is 2.35. The van der Waals surface area contributed by atoms with Crippen LogP contribution in [-0.2, 0) is 4.74 Å². The van der Waals surface area contributed by atoms with Crippen LogP contribution in [0.2, 0.25) is 0 Å². The molecule has 2 unspecified atom stereocenters. The predicted octanol–water partition coefficient (Wildman–Crippen LogP) is 4.57. The van der Waals surface area contributed by atoms with Gasteiger partial charge in [0.2, 0.25) is 0 Å². The van der Waals surface area contributed by atoms with Crippen LogP contribution in [0.5, 0.6) is 0 Å². The zero-order chi connectivity index (χ0) is 20.1. The highest BCUT2D eigenvalue weighted by Crippen LogP contribution is 2.41. The average Bonchev–Trinajstić information content (AvgIpc) is 2.76. The standard InChI is InChI=1S/C24H43NO3S/c26-17-22-15-21(27)16-24(29-22)28-23-7-3-2-6-19(23)14-18-8-10-20(11-9-18)25-12-4-1-5-13-25/h18-24,26-27H,1-17H2/t18?,19?,20?,21-,22-,23?,24+/m0/s1. The fraction of sp³-hybridized carbons (Fsp3) is 1.00. The molecule has 0 aromatic rings. The van der Waals surface area contributed by atoms with Gasteiger partial charge in [-0.05, 0) is 89.1 Å². The molecular formula is C24H43NO3S. The lowest BCUT2D eigenvalue weighted by Gasteiger charge is -2.42. The smallest absolute Gasteiger partial charge is 0.106 e. The van der Waals surface area contributed by atoms with Crippen LogP contribution < -0.4 is 0 Å². The van der Waals surface area contributed by atoms with Gasteiger partial charge < -0.3 is 19.8 Å². The van der Waals surface area contributed by atoms with E-state index in [4.69, 9.17) is 4.74 Å². The van der Waals surface area contributed by atoms with Crippen molar-refractivity contribution in [2.45, 2.75) is 119 Å². The second-order valence-corrected chi connectivity index (χ2v) is 11.7. The summed E-state index contributed by atoms with van der Waals surface area (Å²) in [6.07, 6.45) is 17.9. The lowest BCUT2D eigenvalue weighted by Crippen LogP contribution is -2.42. The quantitative estimate of drug-likeness (QED) is 0.653. The number of aliphatic hydroxyl groups is 2. The third kappa shape index (κ3) is 6.35. The van der Waals surface area contributed by atoms with E-state index < -0.39 is 0 Å². The Labute approximate surface area is 182 Å². The molecule has 168 valence electrons. The summed E-state index contributed by atoms with van der Waals surface area (Å²) in [6, 6.07) is 0.862. The normalized spacial score (nSPS) is 42.6. The van der Waals surface area contributed by atoms with E-state index in [1.54, 1.807) is 11.8 Å². The van der Waals surface area contributed by atoms with Crippen LogP contribution in [0.4, 0.5) is 0 Å². The average molecular weight is 426 g/mol. The lowest BCUT2D eigenvalue weighted by atomic mass is 9.75. The Bertz CT molecular complexity index is 479. The van der Waals surface area contributed by atoms with E-state index in [9.17, 15) is 10.2 Å². The molecule has 4 rings (SSSR count). The topological polar surface area (TPSA) is 52.9 Å². The summed E-state index contributed by atoms with van der Waals surface area (Å²) in [5.74, 6) is 1.59. The lowest BCUT2D eigenvalue weighted by molar-refractivity contribution is -0.0508. The highest BCUT2D eigenvalue weighted by atomic mass is 32.2. The minimum absolute atomic E-state index is 0.0661. The molecule has 0 amide bonds. The van der Waals surface area contributed by atoms with Gasteiger partial charge in [0.15, 0.2) is 0 Å². The maximum Gasteiger partial charge on any atom is 0.106 e. The molecule has 29 heavy (non-hydrogen) atoms. The third-order valence-electron chi connectivity index (χ3n) is 8.07. The van der Waals surface area contributed by atoms with Crippen LogP contribution in [0.3, 0.4) is 0 Å². The molecule has 0 radical (unpaired) electrons. The number of nitrogens with zero attached hydrogens (tertiary/aromatic N) is 1. The maximum atomic E-state index is 10.2. The zero-order valence-corrected chi connectivity index (χ0v) is 19.0. The molecule has 2 aliphatic heterocycles. The first kappa shape index (κ1) is 22.4. The van der Waals surface area contributed by atoms with E-state index in [2.05, 4.69) is 4.90 Å². The Balaban J connectivity index is 1.25. The molecule has 2 saturated carbocycles. The molecular weight excluding hydrogens is 382 g/mol. The number of piperidine rings is 1. The third-order valence-corrected chi connectivity index (χ3v) is 9.41. The van der Waals surface area contributed by atoms with E-state index in [1.807, 2.05) is 0 Å². The Hall–Kier alpha value is 0.190. The fourth-order valence-corrected chi connectivity index (χ4v) is 7.82. The zero-order valence-electron chi connectivity index (χ0n) is 18.2. The molecule has 2 saturated heterocycles. The summed E-state index contributed by atoms with van der Waals surface area (Å²) in [7, 11) is 0. The first-order valence-corrected chi connectivity index (χ1v) is 13.5. The van der Waals surface area contributed by atoms with Crippen molar-refractivity contribution in [2.24, 2.45) is 11.8 Å². The van der Waals surface area contributed by atoms with Crippen molar-refractivity contribution in [3.63, 3.8) is 0 Å². The summed E-state index contributed by atoms with van der Waals surface area (Å²) in [5.41, 5.74) is 0.0661. The van der Waals surface area contributed by atoms with Crippen LogP contribution in [-0.4, -0.2) is 63.7 Å². The number of aliphatic hydroxyl groups excluding tert-OH is 2. The predicted molar refractivity (Wildman–Crippen MR) is 120 cm³/mol. The van der Waals surface area contributed by atoms with Gasteiger partial charge in [-0.1, -0.05) is 19.3 Å². The van der Waals surface area contributed by atoms with E-state index in [0.717, 1.165) is 18.4 Å². The van der Waals surface area contributed by atoms with Crippen molar-refractivity contribution in [1.82, 2.24) is 4.90 Å². The van der Waals surface area contributed by atoms with E-state index in [-0.39, 0.29) is 23.4 Å². The fourth-order valence-electron chi connectivity index (χ4n) is 6.43. The van der Waals surface area contributed by atoms with Gasteiger partial charge in [0, 0.05) is 17.7 Å². The Morgan fingerprint density at radius 3 is 2.38 bits per heavy atom. The molecule has 4 nitrogen and oxygen atoms in total. The summed E-state index contributed by atoms with van der Waals surface area (Å²) >= 11 is 1.76. The van der Waals surface area contributed by atoms with Crippen molar-refractivity contribution >= 4 is 11.8 Å². The van der Waals surface area contributed by atoms with E-state index >= 15 is 0 Å². The molecule has 4 aliphatic rings. The van der Waals surface area contributed by atoms with Crippen LogP contribution >= 0.6 is 11.8 Å². The molecule has 4 fully saturated rings. The largest absolute Gasteiger partial charge is 0.395 e. The summed E-state index contributed by atoms with van der Waals surface area (Å²) in [6.45, 7) is 2.83. The van der Waals surface area contributed by atoms with Gasteiger partial charge in [0.05, 0.1) is 18.8 Å². The minimum Gasteiger partial charge on any atom is -0.395 e. The van der Waals surface area contributed by atoms with Crippen molar-refractivity contribution < 1.29 is 14.9 Å². The molecule has 0 spiro atoms. The van der Waals surface area contributed by atoms with Gasteiger partial charge in [-0.15, -0.1) is 11.8 Å². The summed E-state index contributed by atoms with van der Waals surface area (Å²) < 4.78 is 6.59. The molecule has 5 atom stereocenters. The van der Waals surface area contributed by atoms with Crippen molar-refractivity contribution in [3.05, 3.63) is 0 Å². The minimum atomic E-state index is -0.314. The summed E-state index contributed by atoms with van der Waals surface area (Å²) in [5, 5.41) is 19.8. The molecule has 2 heterocycles. The molecule has 5 heteroatoms. The SMILES string of the molecule is OC[C@@H]1C[C@H](O)C[C@H](OC2CCCCC2CC2CCC(N3CCCCC3)CC2)S1. The molecule has 0 aromatic heterocycles. The highest BCUT2D eigenvalue weighted by molar-refractivity contribution is 8.00. The van der Waals surface area contributed by atoms with Crippen LogP contribution in [0.25, 0.3) is 0 Å². The van der Waals surface area contributed by atoms with Gasteiger partial charge in [0.1, 0.15) is 5.44 Å². The van der Waals surface area contributed by atoms with Gasteiger partial charge in [-0.3, -0.25) is 0 Å². The van der Waals surface area contributed by atoms with Gasteiger partial charge >= 0.3 is 0 Å².